The Morgan fingerprint density at radius 2 is 1.67 bits per heavy atom. The number of hydrogen-bond donors (Lipinski definition) is 1. The van der Waals surface area contributed by atoms with Crippen molar-refractivity contribution >= 4 is 46.4 Å². The van der Waals surface area contributed by atoms with Gasteiger partial charge in [0.1, 0.15) is 0 Å². The molecule has 3 rings (SSSR count). The monoisotopic (exact) mass is 339 g/mol. The number of benzene rings is 2. The Kier molecular flexibility index (Phi) is 4.12. The van der Waals surface area contributed by atoms with Gasteiger partial charge in [-0.2, -0.15) is 0 Å². The van der Waals surface area contributed by atoms with Crippen molar-refractivity contribution < 1.29 is 4.79 Å². The fourth-order valence-electron chi connectivity index (χ4n) is 2.40. The van der Waals surface area contributed by atoms with Crippen LogP contribution in [-0.4, -0.2) is 5.91 Å². The Bertz CT molecular complexity index is 687. The lowest BCUT2D eigenvalue weighted by Crippen LogP contribution is -2.14. The van der Waals surface area contributed by atoms with Crippen LogP contribution in [0.1, 0.15) is 17.9 Å². The van der Waals surface area contributed by atoms with E-state index in [4.69, 9.17) is 34.8 Å². The second kappa shape index (κ2) is 5.88. The molecular formula is C16H12Cl3NO. The maximum atomic E-state index is 12.3. The van der Waals surface area contributed by atoms with Crippen molar-refractivity contribution in [3.63, 3.8) is 0 Å². The SMILES string of the molecule is O=C(Nc1cc(Cl)c(Cl)cc1Cl)[C@@H]1C[C@H]1c1ccccc1. The summed E-state index contributed by atoms with van der Waals surface area (Å²) in [6.45, 7) is 0. The third-order valence-electron chi connectivity index (χ3n) is 3.62. The summed E-state index contributed by atoms with van der Waals surface area (Å²) < 4.78 is 0. The van der Waals surface area contributed by atoms with Crippen molar-refractivity contribution in [1.29, 1.82) is 0 Å². The second-order valence-corrected chi connectivity index (χ2v) is 6.32. The maximum Gasteiger partial charge on any atom is 0.228 e. The minimum atomic E-state index is -0.0378. The zero-order chi connectivity index (χ0) is 15.0. The molecule has 0 aromatic heterocycles. The lowest BCUT2D eigenvalue weighted by molar-refractivity contribution is -0.117. The van der Waals surface area contributed by atoms with Gasteiger partial charge in [0.05, 0.1) is 20.8 Å². The summed E-state index contributed by atoms with van der Waals surface area (Å²) >= 11 is 17.9. The van der Waals surface area contributed by atoms with E-state index in [-0.39, 0.29) is 17.7 Å². The van der Waals surface area contributed by atoms with Gasteiger partial charge in [0.25, 0.3) is 0 Å². The van der Waals surface area contributed by atoms with E-state index < -0.39 is 0 Å². The van der Waals surface area contributed by atoms with Crippen LogP contribution < -0.4 is 5.32 Å². The minimum absolute atomic E-state index is 0.0158. The van der Waals surface area contributed by atoms with Crippen LogP contribution in [0.5, 0.6) is 0 Å². The molecule has 0 radical (unpaired) electrons. The molecule has 1 amide bonds. The van der Waals surface area contributed by atoms with Crippen LogP contribution in [-0.2, 0) is 4.79 Å². The van der Waals surface area contributed by atoms with Crippen LogP contribution >= 0.6 is 34.8 Å². The Hall–Kier alpha value is -1.22. The largest absolute Gasteiger partial charge is 0.324 e. The molecule has 2 aromatic rings. The van der Waals surface area contributed by atoms with Gasteiger partial charge < -0.3 is 5.32 Å². The summed E-state index contributed by atoms with van der Waals surface area (Å²) in [5.74, 6) is 0.231. The van der Waals surface area contributed by atoms with Gasteiger partial charge >= 0.3 is 0 Å². The smallest absolute Gasteiger partial charge is 0.228 e. The van der Waals surface area contributed by atoms with Gasteiger partial charge in [0.2, 0.25) is 5.91 Å². The van der Waals surface area contributed by atoms with Crippen molar-refractivity contribution in [2.45, 2.75) is 12.3 Å². The highest BCUT2D eigenvalue weighted by Gasteiger charge is 2.43. The molecule has 1 fully saturated rings. The van der Waals surface area contributed by atoms with E-state index in [0.29, 0.717) is 20.8 Å². The lowest BCUT2D eigenvalue weighted by Gasteiger charge is -2.08. The van der Waals surface area contributed by atoms with Crippen LogP contribution in [0.15, 0.2) is 42.5 Å². The van der Waals surface area contributed by atoms with E-state index in [9.17, 15) is 4.79 Å². The van der Waals surface area contributed by atoms with Gasteiger partial charge in [-0.1, -0.05) is 65.1 Å². The molecule has 2 aromatic carbocycles. The summed E-state index contributed by atoms with van der Waals surface area (Å²) in [6.07, 6.45) is 0.856. The average molecular weight is 341 g/mol. The summed E-state index contributed by atoms with van der Waals surface area (Å²) in [5.41, 5.74) is 1.69. The van der Waals surface area contributed by atoms with Gasteiger partial charge in [0.15, 0.2) is 0 Å². The van der Waals surface area contributed by atoms with Crippen LogP contribution in [0.25, 0.3) is 0 Å². The first-order valence-corrected chi connectivity index (χ1v) is 7.70. The molecule has 1 aliphatic carbocycles. The average Bonchev–Trinajstić information content (AvgIpc) is 3.26. The molecule has 2 atom stereocenters. The minimum Gasteiger partial charge on any atom is -0.324 e. The van der Waals surface area contributed by atoms with Gasteiger partial charge in [-0.25, -0.2) is 0 Å². The lowest BCUT2D eigenvalue weighted by atomic mass is 10.1. The number of amides is 1. The van der Waals surface area contributed by atoms with Crippen molar-refractivity contribution in [3.8, 4) is 0 Å². The molecule has 0 heterocycles. The number of halogens is 3. The molecule has 0 unspecified atom stereocenters. The predicted molar refractivity (Wildman–Crippen MR) is 87.4 cm³/mol. The Balaban J connectivity index is 1.70. The molecule has 0 aliphatic heterocycles. The molecule has 1 saturated carbocycles. The molecule has 5 heteroatoms. The highest BCUT2D eigenvalue weighted by Crippen LogP contribution is 2.48. The maximum absolute atomic E-state index is 12.3. The Labute approximate surface area is 138 Å². The van der Waals surface area contributed by atoms with Crippen LogP contribution in [0.4, 0.5) is 5.69 Å². The van der Waals surface area contributed by atoms with E-state index in [1.54, 1.807) is 6.07 Å². The van der Waals surface area contributed by atoms with Gasteiger partial charge in [-0.15, -0.1) is 0 Å². The molecule has 21 heavy (non-hydrogen) atoms. The van der Waals surface area contributed by atoms with E-state index >= 15 is 0 Å². The number of hydrogen-bond acceptors (Lipinski definition) is 1. The van der Waals surface area contributed by atoms with Crippen LogP contribution in [0, 0.1) is 5.92 Å². The third kappa shape index (κ3) is 3.18. The number of carbonyl (C=O) groups is 1. The second-order valence-electron chi connectivity index (χ2n) is 5.09. The summed E-state index contributed by atoms with van der Waals surface area (Å²) in [5, 5.41) is 3.95. The summed E-state index contributed by atoms with van der Waals surface area (Å²) in [6, 6.07) is 13.1. The van der Waals surface area contributed by atoms with E-state index in [0.717, 1.165) is 6.42 Å². The zero-order valence-electron chi connectivity index (χ0n) is 10.9. The first-order valence-electron chi connectivity index (χ1n) is 6.56. The van der Waals surface area contributed by atoms with E-state index in [1.807, 2.05) is 30.3 Å². The van der Waals surface area contributed by atoms with Crippen molar-refractivity contribution in [1.82, 2.24) is 0 Å². The van der Waals surface area contributed by atoms with E-state index in [2.05, 4.69) is 5.32 Å². The number of carbonyl (C=O) groups excluding carboxylic acids is 1. The zero-order valence-corrected chi connectivity index (χ0v) is 13.2. The van der Waals surface area contributed by atoms with E-state index in [1.165, 1.54) is 11.6 Å². The summed E-state index contributed by atoms with van der Waals surface area (Å²) in [7, 11) is 0. The van der Waals surface area contributed by atoms with Gasteiger partial charge in [-0.05, 0) is 30.0 Å². The van der Waals surface area contributed by atoms with Crippen LogP contribution in [0.3, 0.4) is 0 Å². The Morgan fingerprint density at radius 3 is 2.38 bits per heavy atom. The van der Waals surface area contributed by atoms with Crippen molar-refractivity contribution in [3.05, 3.63) is 63.1 Å². The molecule has 1 N–H and O–H groups in total. The number of anilines is 1. The third-order valence-corrected chi connectivity index (χ3v) is 4.66. The fourth-order valence-corrected chi connectivity index (χ4v) is 2.99. The molecule has 1 aliphatic rings. The first kappa shape index (κ1) is 14.7. The highest BCUT2D eigenvalue weighted by atomic mass is 35.5. The topological polar surface area (TPSA) is 29.1 Å². The van der Waals surface area contributed by atoms with Gasteiger partial charge in [0, 0.05) is 5.92 Å². The molecule has 0 spiro atoms. The molecule has 0 bridgehead atoms. The van der Waals surface area contributed by atoms with Gasteiger partial charge in [-0.3, -0.25) is 4.79 Å². The molecule has 0 saturated heterocycles. The molecule has 108 valence electrons. The van der Waals surface area contributed by atoms with Crippen molar-refractivity contribution in [2.24, 2.45) is 5.92 Å². The standard InChI is InChI=1S/C16H12Cl3NO/c17-12-7-14(19)15(8-13(12)18)20-16(21)11-6-10(11)9-4-2-1-3-5-9/h1-5,7-8,10-11H,6H2,(H,20,21)/t10-,11+/m0/s1. The molecular weight excluding hydrogens is 329 g/mol. The number of rotatable bonds is 3. The first-order chi connectivity index (χ1) is 10.1. The highest BCUT2D eigenvalue weighted by molar-refractivity contribution is 6.44. The fraction of sp³-hybridized carbons (Fsp3) is 0.188. The quantitative estimate of drug-likeness (QED) is 0.746. The molecule has 2 nitrogen and oxygen atoms in total. The normalized spacial score (nSPS) is 20.1. The number of nitrogens with one attached hydrogen (secondary N) is 1. The predicted octanol–water partition coefficient (Wildman–Crippen LogP) is 5.39. The van der Waals surface area contributed by atoms with Crippen molar-refractivity contribution in [2.75, 3.05) is 5.32 Å². The Morgan fingerprint density at radius 1 is 1.00 bits per heavy atom. The summed E-state index contributed by atoms with van der Waals surface area (Å²) in [4.78, 5) is 12.3. The van der Waals surface area contributed by atoms with Crippen LogP contribution in [0.2, 0.25) is 15.1 Å².